The summed E-state index contributed by atoms with van der Waals surface area (Å²) in [6.45, 7) is 11.1. The standard InChI is InChI=1S/C22H30N4O/c1-4-9-25-12-7-22(21(25)27)6-11-24(16-22)15-19-18(3)13-17(2)14-20(19)26-10-5-8-23-26/h5,8,10,13-14H,4,6-7,9,11-12,15-16H2,1-3H3. The number of benzene rings is 1. The SMILES string of the molecule is CCCN1CCC2(CCN(Cc3c(C)cc(C)cc3-n3cccn3)C2)C1=O. The zero-order valence-corrected chi connectivity index (χ0v) is 16.7. The van der Waals surface area contributed by atoms with Gasteiger partial charge in [0.25, 0.3) is 0 Å². The van der Waals surface area contributed by atoms with Crippen molar-refractivity contribution in [2.24, 2.45) is 5.41 Å². The molecule has 0 N–H and O–H groups in total. The molecule has 2 aliphatic rings. The molecule has 27 heavy (non-hydrogen) atoms. The second-order valence-electron chi connectivity index (χ2n) is 8.31. The topological polar surface area (TPSA) is 41.4 Å². The lowest BCUT2D eigenvalue weighted by atomic mass is 9.85. The van der Waals surface area contributed by atoms with Crippen LogP contribution < -0.4 is 0 Å². The number of rotatable bonds is 5. The Morgan fingerprint density at radius 3 is 2.74 bits per heavy atom. The lowest BCUT2D eigenvalue weighted by Crippen LogP contribution is -2.37. The van der Waals surface area contributed by atoms with Gasteiger partial charge in [-0.3, -0.25) is 9.69 Å². The Labute approximate surface area is 162 Å². The predicted octanol–water partition coefficient (Wildman–Crippen LogP) is 3.32. The van der Waals surface area contributed by atoms with E-state index in [1.807, 2.05) is 23.1 Å². The van der Waals surface area contributed by atoms with Crippen LogP contribution in [0.15, 0.2) is 30.6 Å². The van der Waals surface area contributed by atoms with Crippen molar-refractivity contribution in [2.75, 3.05) is 26.2 Å². The summed E-state index contributed by atoms with van der Waals surface area (Å²) in [7, 11) is 0. The summed E-state index contributed by atoms with van der Waals surface area (Å²) in [6, 6.07) is 6.43. The van der Waals surface area contributed by atoms with Crippen LogP contribution in [0.4, 0.5) is 0 Å². The summed E-state index contributed by atoms with van der Waals surface area (Å²) in [5.41, 5.74) is 4.88. The maximum absolute atomic E-state index is 13.0. The number of nitrogens with zero attached hydrogens (tertiary/aromatic N) is 4. The minimum Gasteiger partial charge on any atom is -0.342 e. The molecule has 2 aromatic rings. The van der Waals surface area contributed by atoms with E-state index in [4.69, 9.17) is 0 Å². The van der Waals surface area contributed by atoms with Gasteiger partial charge in [0.2, 0.25) is 5.91 Å². The smallest absolute Gasteiger partial charge is 0.230 e. The molecule has 4 rings (SSSR count). The molecule has 1 atom stereocenters. The average molecular weight is 367 g/mol. The lowest BCUT2D eigenvalue weighted by Gasteiger charge is -2.25. The van der Waals surface area contributed by atoms with Crippen molar-refractivity contribution < 1.29 is 4.79 Å². The molecular weight excluding hydrogens is 336 g/mol. The molecule has 1 unspecified atom stereocenters. The Bertz CT molecular complexity index is 829. The highest BCUT2D eigenvalue weighted by molar-refractivity contribution is 5.85. The van der Waals surface area contributed by atoms with Crippen LogP contribution in [-0.4, -0.2) is 51.7 Å². The first-order valence-electron chi connectivity index (χ1n) is 10.1. The fraction of sp³-hybridized carbons (Fsp3) is 0.545. The van der Waals surface area contributed by atoms with Gasteiger partial charge in [-0.2, -0.15) is 5.10 Å². The number of carbonyl (C=O) groups is 1. The molecule has 5 heteroatoms. The Balaban J connectivity index is 1.56. The highest BCUT2D eigenvalue weighted by atomic mass is 16.2. The van der Waals surface area contributed by atoms with E-state index in [0.717, 1.165) is 57.7 Å². The summed E-state index contributed by atoms with van der Waals surface area (Å²) in [5, 5.41) is 4.45. The second-order valence-corrected chi connectivity index (χ2v) is 8.31. The predicted molar refractivity (Wildman–Crippen MR) is 107 cm³/mol. The van der Waals surface area contributed by atoms with Crippen LogP contribution in [0.1, 0.15) is 42.9 Å². The van der Waals surface area contributed by atoms with Gasteiger partial charge in [0, 0.05) is 38.6 Å². The third-order valence-corrected chi connectivity index (χ3v) is 6.25. The van der Waals surface area contributed by atoms with Gasteiger partial charge >= 0.3 is 0 Å². The third kappa shape index (κ3) is 3.29. The van der Waals surface area contributed by atoms with E-state index in [1.165, 1.54) is 16.7 Å². The van der Waals surface area contributed by atoms with Gasteiger partial charge in [-0.15, -0.1) is 0 Å². The van der Waals surface area contributed by atoms with Crippen LogP contribution in [0.5, 0.6) is 0 Å². The summed E-state index contributed by atoms with van der Waals surface area (Å²) in [4.78, 5) is 17.5. The maximum atomic E-state index is 13.0. The molecule has 1 aromatic heterocycles. The highest BCUT2D eigenvalue weighted by Crippen LogP contribution is 2.41. The zero-order chi connectivity index (χ0) is 19.0. The van der Waals surface area contributed by atoms with Crippen LogP contribution in [-0.2, 0) is 11.3 Å². The molecule has 2 saturated heterocycles. The quantitative estimate of drug-likeness (QED) is 0.815. The van der Waals surface area contributed by atoms with E-state index in [0.29, 0.717) is 5.91 Å². The summed E-state index contributed by atoms with van der Waals surface area (Å²) >= 11 is 0. The van der Waals surface area contributed by atoms with Gasteiger partial charge in [0.05, 0.1) is 11.1 Å². The van der Waals surface area contributed by atoms with Crippen molar-refractivity contribution in [3.63, 3.8) is 0 Å². The van der Waals surface area contributed by atoms with E-state index in [2.05, 4.69) is 47.8 Å². The second kappa shape index (κ2) is 7.12. The number of carbonyl (C=O) groups excluding carboxylic acids is 1. The molecule has 3 heterocycles. The van der Waals surface area contributed by atoms with E-state index in [-0.39, 0.29) is 5.41 Å². The van der Waals surface area contributed by atoms with Crippen molar-refractivity contribution in [1.29, 1.82) is 0 Å². The van der Waals surface area contributed by atoms with Gasteiger partial charge in [-0.1, -0.05) is 13.0 Å². The van der Waals surface area contributed by atoms with Crippen LogP contribution in [0.3, 0.4) is 0 Å². The van der Waals surface area contributed by atoms with Gasteiger partial charge in [-0.25, -0.2) is 4.68 Å². The molecule has 0 bridgehead atoms. The lowest BCUT2D eigenvalue weighted by molar-refractivity contribution is -0.135. The minimum absolute atomic E-state index is 0.139. The Hall–Kier alpha value is -2.14. The molecule has 1 spiro atoms. The molecule has 0 aliphatic carbocycles. The van der Waals surface area contributed by atoms with Crippen molar-refractivity contribution in [3.05, 3.63) is 47.3 Å². The van der Waals surface area contributed by atoms with Crippen molar-refractivity contribution in [3.8, 4) is 5.69 Å². The molecule has 144 valence electrons. The maximum Gasteiger partial charge on any atom is 0.230 e. The van der Waals surface area contributed by atoms with Crippen LogP contribution in [0.25, 0.3) is 5.69 Å². The van der Waals surface area contributed by atoms with E-state index in [9.17, 15) is 4.79 Å². The molecule has 0 radical (unpaired) electrons. The molecule has 1 aromatic carbocycles. The molecular formula is C22H30N4O. The first-order chi connectivity index (χ1) is 13.0. The van der Waals surface area contributed by atoms with Gasteiger partial charge in [0.15, 0.2) is 0 Å². The van der Waals surface area contributed by atoms with E-state index < -0.39 is 0 Å². The van der Waals surface area contributed by atoms with E-state index >= 15 is 0 Å². The Morgan fingerprint density at radius 2 is 2.00 bits per heavy atom. The van der Waals surface area contributed by atoms with Gasteiger partial charge < -0.3 is 4.90 Å². The Morgan fingerprint density at radius 1 is 1.19 bits per heavy atom. The number of likely N-dealkylation sites (tertiary alicyclic amines) is 2. The fourth-order valence-corrected chi connectivity index (χ4v) is 4.87. The number of hydrogen-bond donors (Lipinski definition) is 0. The normalized spacial score (nSPS) is 23.1. The fourth-order valence-electron chi connectivity index (χ4n) is 4.87. The Kier molecular flexibility index (Phi) is 4.81. The molecule has 2 aliphatic heterocycles. The van der Waals surface area contributed by atoms with Crippen molar-refractivity contribution >= 4 is 5.91 Å². The first kappa shape index (κ1) is 18.2. The number of hydrogen-bond acceptors (Lipinski definition) is 3. The first-order valence-corrected chi connectivity index (χ1v) is 10.1. The monoisotopic (exact) mass is 366 g/mol. The largest absolute Gasteiger partial charge is 0.342 e. The van der Waals surface area contributed by atoms with Crippen molar-refractivity contribution in [2.45, 2.75) is 46.6 Å². The molecule has 1 amide bonds. The summed E-state index contributed by atoms with van der Waals surface area (Å²) in [5.74, 6) is 0.389. The van der Waals surface area contributed by atoms with Gasteiger partial charge in [-0.05, 0) is 68.5 Å². The average Bonchev–Trinajstić information content (AvgIpc) is 3.36. The van der Waals surface area contributed by atoms with Crippen LogP contribution in [0.2, 0.25) is 0 Å². The molecule has 0 saturated carbocycles. The van der Waals surface area contributed by atoms with E-state index in [1.54, 1.807) is 0 Å². The summed E-state index contributed by atoms with van der Waals surface area (Å²) < 4.78 is 1.96. The number of amides is 1. The van der Waals surface area contributed by atoms with Crippen LogP contribution >= 0.6 is 0 Å². The van der Waals surface area contributed by atoms with Crippen molar-refractivity contribution in [1.82, 2.24) is 19.6 Å². The third-order valence-electron chi connectivity index (χ3n) is 6.25. The molecule has 5 nitrogen and oxygen atoms in total. The minimum atomic E-state index is -0.139. The number of aryl methyl sites for hydroxylation is 2. The van der Waals surface area contributed by atoms with Crippen LogP contribution in [0, 0.1) is 19.3 Å². The number of aromatic nitrogens is 2. The van der Waals surface area contributed by atoms with Gasteiger partial charge in [0.1, 0.15) is 0 Å². The molecule has 2 fully saturated rings. The summed E-state index contributed by atoms with van der Waals surface area (Å²) in [6.07, 6.45) is 6.88. The highest BCUT2D eigenvalue weighted by Gasteiger charge is 2.50. The zero-order valence-electron chi connectivity index (χ0n) is 16.7.